The molecule has 1 aliphatic heterocycles. The molecule has 34 heavy (non-hydrogen) atoms. The van der Waals surface area contributed by atoms with Crippen molar-refractivity contribution in [2.24, 2.45) is 0 Å². The monoisotopic (exact) mass is 476 g/mol. The highest BCUT2D eigenvalue weighted by molar-refractivity contribution is 7.13. The van der Waals surface area contributed by atoms with Crippen molar-refractivity contribution in [1.29, 1.82) is 0 Å². The van der Waals surface area contributed by atoms with Crippen molar-refractivity contribution in [1.82, 2.24) is 19.7 Å². The molecule has 9 nitrogen and oxygen atoms in total. The third-order valence-corrected chi connectivity index (χ3v) is 6.94. The molecule has 0 bridgehead atoms. The number of pyridine rings is 1. The lowest BCUT2D eigenvalue weighted by atomic mass is 10.1. The smallest absolute Gasteiger partial charge is 0.269 e. The second kappa shape index (κ2) is 8.86. The van der Waals surface area contributed by atoms with E-state index in [2.05, 4.69) is 10.00 Å². The molecule has 5 rings (SSSR count). The van der Waals surface area contributed by atoms with Crippen LogP contribution in [0.25, 0.3) is 21.6 Å². The Morgan fingerprint density at radius 1 is 1.12 bits per heavy atom. The highest BCUT2D eigenvalue weighted by Crippen LogP contribution is 2.30. The maximum Gasteiger partial charge on any atom is 0.269 e. The summed E-state index contributed by atoms with van der Waals surface area (Å²) in [5, 5.41) is 18.2. The Labute approximate surface area is 200 Å². The number of fused-ring (bicyclic) bond motifs is 1. The van der Waals surface area contributed by atoms with Gasteiger partial charge in [-0.15, -0.1) is 11.3 Å². The fourth-order valence-electron chi connectivity index (χ4n) is 4.25. The highest BCUT2D eigenvalue weighted by atomic mass is 32.1. The molecule has 1 amide bonds. The average molecular weight is 477 g/mol. The molecule has 0 atom stereocenters. The van der Waals surface area contributed by atoms with Crippen LogP contribution in [0.15, 0.2) is 54.0 Å². The van der Waals surface area contributed by atoms with Gasteiger partial charge in [0, 0.05) is 50.0 Å². The Kier molecular flexibility index (Phi) is 5.74. The molecular weight excluding hydrogens is 452 g/mol. The van der Waals surface area contributed by atoms with Crippen molar-refractivity contribution in [3.05, 3.63) is 69.7 Å². The molecule has 1 aromatic carbocycles. The number of piperazine rings is 1. The predicted octanol–water partition coefficient (Wildman–Crippen LogP) is 4.61. The van der Waals surface area contributed by atoms with E-state index in [0.717, 1.165) is 21.6 Å². The number of rotatable bonds is 5. The van der Waals surface area contributed by atoms with Crippen LogP contribution in [0.5, 0.6) is 0 Å². The second-order valence-corrected chi connectivity index (χ2v) is 9.45. The highest BCUT2D eigenvalue weighted by Gasteiger charge is 2.26. The van der Waals surface area contributed by atoms with Crippen molar-refractivity contribution < 1.29 is 9.72 Å². The molecule has 0 N–H and O–H groups in total. The average Bonchev–Trinajstić information content (AvgIpc) is 3.53. The van der Waals surface area contributed by atoms with Crippen molar-refractivity contribution >= 4 is 39.7 Å². The van der Waals surface area contributed by atoms with Crippen LogP contribution in [0.3, 0.4) is 0 Å². The van der Waals surface area contributed by atoms with Gasteiger partial charge in [-0.05, 0) is 43.5 Å². The first-order valence-electron chi connectivity index (χ1n) is 11.1. The number of nitro groups is 1. The summed E-state index contributed by atoms with van der Waals surface area (Å²) in [6, 6.07) is 12.5. The van der Waals surface area contributed by atoms with Gasteiger partial charge in [-0.3, -0.25) is 14.9 Å². The quantitative estimate of drug-likeness (QED) is 0.308. The topological polar surface area (TPSA) is 97.4 Å². The summed E-state index contributed by atoms with van der Waals surface area (Å²) >= 11 is 1.59. The number of nitro benzene ring substituents is 1. The molecule has 0 spiro atoms. The van der Waals surface area contributed by atoms with Gasteiger partial charge < -0.3 is 9.80 Å². The van der Waals surface area contributed by atoms with Gasteiger partial charge >= 0.3 is 0 Å². The van der Waals surface area contributed by atoms with E-state index in [1.54, 1.807) is 29.7 Å². The number of benzene rings is 1. The third kappa shape index (κ3) is 4.01. The minimum Gasteiger partial charge on any atom is -0.368 e. The molecule has 3 aromatic heterocycles. The lowest BCUT2D eigenvalue weighted by molar-refractivity contribution is -0.384. The van der Waals surface area contributed by atoms with Crippen molar-refractivity contribution in [2.75, 3.05) is 31.1 Å². The van der Waals surface area contributed by atoms with Gasteiger partial charge in [0.2, 0.25) is 0 Å². The lowest BCUT2D eigenvalue weighted by Gasteiger charge is -2.36. The van der Waals surface area contributed by atoms with Crippen molar-refractivity contribution in [3.63, 3.8) is 0 Å². The van der Waals surface area contributed by atoms with Crippen molar-refractivity contribution in [2.45, 2.75) is 19.9 Å². The molecule has 10 heteroatoms. The number of hydrogen-bond acceptors (Lipinski definition) is 7. The summed E-state index contributed by atoms with van der Waals surface area (Å²) < 4.78 is 1.86. The molecule has 1 aliphatic rings. The Bertz CT molecular complexity index is 1340. The van der Waals surface area contributed by atoms with E-state index in [1.165, 1.54) is 12.1 Å². The van der Waals surface area contributed by atoms with Crippen LogP contribution in [0.1, 0.15) is 30.2 Å². The van der Waals surface area contributed by atoms with E-state index in [-0.39, 0.29) is 17.6 Å². The minimum atomic E-state index is -0.401. The Morgan fingerprint density at radius 2 is 1.85 bits per heavy atom. The number of carbonyl (C=O) groups is 1. The predicted molar refractivity (Wildman–Crippen MR) is 132 cm³/mol. The summed E-state index contributed by atoms with van der Waals surface area (Å²) in [5.41, 5.74) is 3.10. The normalized spacial score (nSPS) is 14.2. The minimum absolute atomic E-state index is 0.0307. The van der Waals surface area contributed by atoms with Crippen LogP contribution in [-0.4, -0.2) is 56.7 Å². The zero-order chi connectivity index (χ0) is 23.8. The number of thiophene rings is 1. The number of aromatic nitrogens is 3. The van der Waals surface area contributed by atoms with Crippen molar-refractivity contribution in [3.8, 4) is 10.6 Å². The number of amides is 1. The third-order valence-electron chi connectivity index (χ3n) is 6.05. The van der Waals surface area contributed by atoms with Crippen LogP contribution in [0.4, 0.5) is 11.4 Å². The Morgan fingerprint density at radius 3 is 2.47 bits per heavy atom. The molecule has 0 saturated carbocycles. The summed E-state index contributed by atoms with van der Waals surface area (Å²) in [4.78, 5) is 34.0. The maximum absolute atomic E-state index is 13.6. The molecule has 1 saturated heterocycles. The molecule has 4 heterocycles. The molecular formula is C24H24N6O3S. The van der Waals surface area contributed by atoms with Crippen LogP contribution in [0, 0.1) is 10.1 Å². The van der Waals surface area contributed by atoms with Gasteiger partial charge in [-0.25, -0.2) is 9.67 Å². The van der Waals surface area contributed by atoms with E-state index < -0.39 is 4.92 Å². The zero-order valence-corrected chi connectivity index (χ0v) is 19.7. The Hall–Kier alpha value is -3.79. The molecule has 0 unspecified atom stereocenters. The number of nitrogens with zero attached hydrogens (tertiary/aromatic N) is 6. The van der Waals surface area contributed by atoms with Crippen LogP contribution < -0.4 is 4.90 Å². The SMILES string of the molecule is CC(C)n1ncc2c(C(=O)N3CCN(c4ccc([N+](=O)[O-])cc4)CC3)cc(-c3cccs3)nc21. The summed E-state index contributed by atoms with van der Waals surface area (Å²) in [5.74, 6) is -0.0307. The number of non-ortho nitro benzene ring substituents is 1. The fourth-order valence-corrected chi connectivity index (χ4v) is 4.93. The number of anilines is 1. The van der Waals surface area contributed by atoms with E-state index >= 15 is 0 Å². The fraction of sp³-hybridized carbons (Fsp3) is 0.292. The van der Waals surface area contributed by atoms with Gasteiger partial charge in [-0.2, -0.15) is 5.10 Å². The van der Waals surface area contributed by atoms with Crippen LogP contribution >= 0.6 is 11.3 Å². The van der Waals surface area contributed by atoms with Gasteiger partial charge in [0.25, 0.3) is 11.6 Å². The number of carbonyl (C=O) groups excluding carboxylic acids is 1. The van der Waals surface area contributed by atoms with E-state index in [4.69, 9.17) is 4.98 Å². The first-order chi connectivity index (χ1) is 16.4. The van der Waals surface area contributed by atoms with Crippen LogP contribution in [-0.2, 0) is 0 Å². The van der Waals surface area contributed by atoms with Gasteiger partial charge in [0.05, 0.1) is 32.6 Å². The Balaban J connectivity index is 1.41. The van der Waals surface area contributed by atoms with E-state index in [0.29, 0.717) is 37.4 Å². The first-order valence-corrected chi connectivity index (χ1v) is 12.0. The molecule has 0 radical (unpaired) electrons. The zero-order valence-electron chi connectivity index (χ0n) is 18.9. The molecule has 0 aliphatic carbocycles. The molecule has 4 aromatic rings. The number of hydrogen-bond donors (Lipinski definition) is 0. The molecule has 1 fully saturated rings. The van der Waals surface area contributed by atoms with Gasteiger partial charge in [0.1, 0.15) is 0 Å². The largest absolute Gasteiger partial charge is 0.368 e. The molecule has 174 valence electrons. The van der Waals surface area contributed by atoms with Gasteiger partial charge in [0.15, 0.2) is 5.65 Å². The standard InChI is InChI=1S/C24H24N6O3S/c1-16(2)29-23-20(15-25-29)19(14-21(26-23)22-4-3-13-34-22)24(31)28-11-9-27(10-12-28)17-5-7-18(8-6-17)30(32)33/h3-8,13-16H,9-12H2,1-2H3. The first kappa shape index (κ1) is 22.0. The van der Waals surface area contributed by atoms with Gasteiger partial charge in [-0.1, -0.05) is 6.07 Å². The lowest BCUT2D eigenvalue weighted by Crippen LogP contribution is -2.48. The second-order valence-electron chi connectivity index (χ2n) is 8.51. The summed E-state index contributed by atoms with van der Waals surface area (Å²) in [6.07, 6.45) is 1.74. The summed E-state index contributed by atoms with van der Waals surface area (Å²) in [7, 11) is 0. The summed E-state index contributed by atoms with van der Waals surface area (Å²) in [6.45, 7) is 6.52. The van der Waals surface area contributed by atoms with E-state index in [1.807, 2.05) is 47.0 Å². The maximum atomic E-state index is 13.6. The van der Waals surface area contributed by atoms with Crippen LogP contribution in [0.2, 0.25) is 0 Å². The van der Waals surface area contributed by atoms with E-state index in [9.17, 15) is 14.9 Å².